The van der Waals surface area contributed by atoms with Crippen LogP contribution in [0.25, 0.3) is 0 Å². The number of nitrogens with zero attached hydrogens (tertiary/aromatic N) is 2. The number of fused-ring (bicyclic) bond motifs is 4. The minimum Gasteiger partial charge on any atom is -0.448 e. The molecule has 10 nitrogen and oxygen atoms in total. The third-order valence-corrected chi connectivity index (χ3v) is 10.8. The summed E-state index contributed by atoms with van der Waals surface area (Å²) in [6.07, 6.45) is 0. The van der Waals surface area contributed by atoms with Crippen molar-refractivity contribution in [3.8, 4) is 23.0 Å². The molecule has 14 heteroatoms. The van der Waals surface area contributed by atoms with Gasteiger partial charge in [0.1, 0.15) is 11.8 Å². The van der Waals surface area contributed by atoms with Crippen LogP contribution < -0.4 is 19.3 Å². The molecule has 0 saturated carbocycles. The van der Waals surface area contributed by atoms with Gasteiger partial charge in [-0.2, -0.15) is 0 Å². The molecular weight excluding hydrogens is 627 g/mol. The Morgan fingerprint density at radius 1 is 0.619 bits per heavy atom. The minimum atomic E-state index is -3.69. The maximum atomic E-state index is 13.4. The lowest BCUT2D eigenvalue weighted by molar-refractivity contribution is 0.0983. The molecule has 3 heterocycles. The van der Waals surface area contributed by atoms with Gasteiger partial charge in [0.05, 0.1) is 31.2 Å². The van der Waals surface area contributed by atoms with Gasteiger partial charge in [0, 0.05) is 11.1 Å². The van der Waals surface area contributed by atoms with E-state index >= 15 is 0 Å². The van der Waals surface area contributed by atoms with Crippen LogP contribution in [0.1, 0.15) is 20.7 Å². The SMILES string of the molecule is O=C(c1cc(Cl)c2c(c1)Oc1c(Cl)cc(C(=O)N3CS(=O)(=O)c4ccccc43)cc1O2)N1CS(=O)(=O)c2ccccc21. The van der Waals surface area contributed by atoms with E-state index in [1.165, 1.54) is 36.4 Å². The monoisotopic (exact) mass is 642 g/mol. The maximum Gasteiger partial charge on any atom is 0.259 e. The normalized spacial score (nSPS) is 16.9. The molecule has 2 amide bonds. The van der Waals surface area contributed by atoms with Crippen molar-refractivity contribution in [1.82, 2.24) is 0 Å². The summed E-state index contributed by atoms with van der Waals surface area (Å²) in [5.74, 6) is -2.08. The number of amides is 2. The number of para-hydroxylation sites is 2. The highest BCUT2D eigenvalue weighted by atomic mass is 35.5. The molecule has 0 saturated heterocycles. The highest BCUT2D eigenvalue weighted by Crippen LogP contribution is 2.52. The summed E-state index contributed by atoms with van der Waals surface area (Å²) in [4.78, 5) is 29.2. The molecule has 4 aromatic carbocycles. The minimum absolute atomic E-state index is 0.00995. The van der Waals surface area contributed by atoms with Crippen molar-refractivity contribution in [3.63, 3.8) is 0 Å². The van der Waals surface area contributed by atoms with Crippen molar-refractivity contribution < 1.29 is 35.9 Å². The van der Waals surface area contributed by atoms with E-state index in [1.807, 2.05) is 0 Å². The predicted octanol–water partition coefficient (Wildman–Crippen LogP) is 5.67. The second-order valence-electron chi connectivity index (χ2n) is 9.66. The van der Waals surface area contributed by atoms with Gasteiger partial charge < -0.3 is 9.47 Å². The first-order valence-corrected chi connectivity index (χ1v) is 16.3. The quantitative estimate of drug-likeness (QED) is 0.241. The second-order valence-corrected chi connectivity index (χ2v) is 14.3. The predicted molar refractivity (Wildman–Crippen MR) is 154 cm³/mol. The standard InChI is InChI=1S/C28H16Cl2N2O8S2/c29-17-9-15(27(33)31-13-41(35,36)23-7-3-1-5-19(23)31)11-21-25(17)40-22-12-16(10-18(30)26(22)39-21)28(34)32-14-42(37,38)24-8-4-2-6-20(24)32/h1-12H,13-14H2. The molecule has 0 radical (unpaired) electrons. The first kappa shape index (κ1) is 26.8. The summed E-state index contributed by atoms with van der Waals surface area (Å²) in [7, 11) is -7.37. The molecule has 0 unspecified atom stereocenters. The van der Waals surface area contributed by atoms with Crippen molar-refractivity contribution in [1.29, 1.82) is 0 Å². The van der Waals surface area contributed by atoms with E-state index in [0.29, 0.717) is 0 Å². The zero-order valence-electron chi connectivity index (χ0n) is 21.1. The third kappa shape index (κ3) is 4.05. The van der Waals surface area contributed by atoms with Crippen LogP contribution in [0, 0.1) is 0 Å². The summed E-state index contributed by atoms with van der Waals surface area (Å²) in [5, 5.41) is -0.0199. The molecular formula is C28H16Cl2N2O8S2. The summed E-state index contributed by atoms with van der Waals surface area (Å²) in [6.45, 7) is 0. The third-order valence-electron chi connectivity index (χ3n) is 7.01. The van der Waals surface area contributed by atoms with E-state index in [0.717, 1.165) is 9.80 Å². The van der Waals surface area contributed by atoms with Crippen LogP contribution in [0.5, 0.6) is 23.0 Å². The summed E-state index contributed by atoms with van der Waals surface area (Å²) in [6, 6.07) is 17.8. The number of sulfone groups is 2. The van der Waals surface area contributed by atoms with Crippen molar-refractivity contribution in [2.45, 2.75) is 9.79 Å². The van der Waals surface area contributed by atoms with E-state index < -0.39 is 43.2 Å². The van der Waals surface area contributed by atoms with Crippen LogP contribution in [-0.2, 0) is 19.7 Å². The van der Waals surface area contributed by atoms with Crippen molar-refractivity contribution in [3.05, 3.63) is 94.0 Å². The largest absolute Gasteiger partial charge is 0.448 e. The molecule has 0 atom stereocenters. The van der Waals surface area contributed by atoms with Crippen LogP contribution in [0.4, 0.5) is 11.4 Å². The van der Waals surface area contributed by atoms with Crippen molar-refractivity contribution in [2.24, 2.45) is 0 Å². The number of hydrogen-bond donors (Lipinski definition) is 0. The Morgan fingerprint density at radius 2 is 1.00 bits per heavy atom. The fraction of sp³-hybridized carbons (Fsp3) is 0.0714. The van der Waals surface area contributed by atoms with Gasteiger partial charge in [-0.3, -0.25) is 19.4 Å². The number of carbonyl (C=O) groups excluding carboxylic acids is 2. The zero-order valence-corrected chi connectivity index (χ0v) is 24.2. The lowest BCUT2D eigenvalue weighted by atomic mass is 10.1. The van der Waals surface area contributed by atoms with E-state index in [2.05, 4.69) is 0 Å². The molecule has 0 spiro atoms. The van der Waals surface area contributed by atoms with Gasteiger partial charge in [-0.1, -0.05) is 47.5 Å². The smallest absolute Gasteiger partial charge is 0.259 e. The van der Waals surface area contributed by atoms with Gasteiger partial charge in [-0.05, 0) is 48.5 Å². The van der Waals surface area contributed by atoms with Gasteiger partial charge in [0.15, 0.2) is 42.7 Å². The zero-order chi connectivity index (χ0) is 29.6. The van der Waals surface area contributed by atoms with Crippen molar-refractivity contribution >= 4 is 66.1 Å². The number of halogens is 2. The maximum absolute atomic E-state index is 13.4. The molecule has 3 aliphatic heterocycles. The van der Waals surface area contributed by atoms with E-state index in [1.54, 1.807) is 36.4 Å². The van der Waals surface area contributed by atoms with Crippen LogP contribution in [-0.4, -0.2) is 40.4 Å². The fourth-order valence-corrected chi connectivity index (χ4v) is 8.64. The Morgan fingerprint density at radius 3 is 1.40 bits per heavy atom. The van der Waals surface area contributed by atoms with Gasteiger partial charge in [-0.25, -0.2) is 16.8 Å². The summed E-state index contributed by atoms with van der Waals surface area (Å²) in [5.41, 5.74) is 0.615. The number of hydrogen-bond acceptors (Lipinski definition) is 8. The molecule has 0 aromatic heterocycles. The van der Waals surface area contributed by atoms with E-state index in [-0.39, 0.29) is 65.3 Å². The molecule has 0 N–H and O–H groups in total. The van der Waals surface area contributed by atoms with E-state index in [4.69, 9.17) is 32.7 Å². The van der Waals surface area contributed by atoms with Crippen LogP contribution in [0.3, 0.4) is 0 Å². The molecule has 4 aromatic rings. The molecule has 7 rings (SSSR count). The summed E-state index contributed by atoms with van der Waals surface area (Å²) >= 11 is 13.0. The second kappa shape index (κ2) is 9.20. The van der Waals surface area contributed by atoms with Gasteiger partial charge in [-0.15, -0.1) is 0 Å². The lowest BCUT2D eigenvalue weighted by Crippen LogP contribution is -2.30. The van der Waals surface area contributed by atoms with E-state index in [9.17, 15) is 26.4 Å². The van der Waals surface area contributed by atoms with Gasteiger partial charge in [0.2, 0.25) is 0 Å². The first-order chi connectivity index (χ1) is 19.9. The Hall–Kier alpha value is -4.10. The Balaban J connectivity index is 1.21. The number of carbonyl (C=O) groups is 2. The average molecular weight is 643 g/mol. The Bertz CT molecular complexity index is 1970. The number of benzene rings is 4. The molecule has 212 valence electrons. The number of ether oxygens (including phenoxy) is 2. The van der Waals surface area contributed by atoms with Crippen LogP contribution in [0.2, 0.25) is 10.0 Å². The molecule has 3 aliphatic rings. The van der Waals surface area contributed by atoms with Crippen LogP contribution >= 0.6 is 23.2 Å². The summed E-state index contributed by atoms with van der Waals surface area (Å²) < 4.78 is 62.3. The molecule has 0 aliphatic carbocycles. The first-order valence-electron chi connectivity index (χ1n) is 12.2. The highest BCUT2D eigenvalue weighted by Gasteiger charge is 2.39. The Kier molecular flexibility index (Phi) is 5.87. The molecule has 0 bridgehead atoms. The van der Waals surface area contributed by atoms with Crippen molar-refractivity contribution in [2.75, 3.05) is 21.6 Å². The van der Waals surface area contributed by atoms with Gasteiger partial charge >= 0.3 is 0 Å². The van der Waals surface area contributed by atoms with Crippen LogP contribution in [0.15, 0.2) is 82.6 Å². The number of anilines is 2. The number of rotatable bonds is 2. The Labute approximate surface area is 249 Å². The van der Waals surface area contributed by atoms with Gasteiger partial charge in [0.25, 0.3) is 11.8 Å². The molecule has 0 fully saturated rings. The lowest BCUT2D eigenvalue weighted by Gasteiger charge is -2.25. The fourth-order valence-electron chi connectivity index (χ4n) is 5.11. The highest BCUT2D eigenvalue weighted by molar-refractivity contribution is 7.92. The molecule has 42 heavy (non-hydrogen) atoms. The topological polar surface area (TPSA) is 127 Å². The average Bonchev–Trinajstić information content (AvgIpc) is 3.41.